The fourth-order valence-electron chi connectivity index (χ4n) is 4.18. The Labute approximate surface area is 185 Å². The van der Waals surface area contributed by atoms with Crippen LogP contribution in [0, 0.1) is 0 Å². The molecule has 0 unspecified atom stereocenters. The van der Waals surface area contributed by atoms with Gasteiger partial charge in [0.1, 0.15) is 18.0 Å². The molecule has 0 atom stereocenters. The fraction of sp³-hybridized carbons (Fsp3) is 0.240. The SMILES string of the molecule is Brc1cnc2[nH]c(-c3ccccc3)c(-c3ccc(OCCN4CCCC4)cc3)c2c1. The zero-order valence-electron chi connectivity index (χ0n) is 16.8. The maximum absolute atomic E-state index is 5.99. The van der Waals surface area contributed by atoms with Crippen molar-refractivity contribution in [1.82, 2.24) is 14.9 Å². The number of aromatic nitrogens is 2. The molecule has 0 saturated carbocycles. The Bertz CT molecular complexity index is 1130. The third-order valence-electron chi connectivity index (χ3n) is 5.70. The number of nitrogens with zero attached hydrogens (tertiary/aromatic N) is 2. The summed E-state index contributed by atoms with van der Waals surface area (Å²) in [6.45, 7) is 4.14. The zero-order valence-corrected chi connectivity index (χ0v) is 18.4. The highest BCUT2D eigenvalue weighted by Gasteiger charge is 2.16. The first-order chi connectivity index (χ1) is 14.8. The predicted octanol–water partition coefficient (Wildman–Crippen LogP) is 6.13. The Balaban J connectivity index is 1.45. The highest BCUT2D eigenvalue weighted by molar-refractivity contribution is 9.10. The van der Waals surface area contributed by atoms with Crippen LogP contribution in [0.4, 0.5) is 0 Å². The molecule has 0 amide bonds. The number of aromatic amines is 1. The van der Waals surface area contributed by atoms with Crippen molar-refractivity contribution < 1.29 is 4.74 Å². The zero-order chi connectivity index (χ0) is 20.3. The van der Waals surface area contributed by atoms with E-state index in [0.717, 1.165) is 56.8 Å². The second kappa shape index (κ2) is 8.62. The van der Waals surface area contributed by atoms with Gasteiger partial charge in [0.05, 0.1) is 5.69 Å². The molecule has 5 rings (SSSR count). The van der Waals surface area contributed by atoms with Gasteiger partial charge in [0.2, 0.25) is 0 Å². The lowest BCUT2D eigenvalue weighted by atomic mass is 9.99. The van der Waals surface area contributed by atoms with Gasteiger partial charge in [-0.25, -0.2) is 4.98 Å². The topological polar surface area (TPSA) is 41.1 Å². The maximum atomic E-state index is 5.99. The number of rotatable bonds is 6. The number of benzene rings is 2. The Morgan fingerprint density at radius 3 is 2.50 bits per heavy atom. The number of likely N-dealkylation sites (tertiary alicyclic amines) is 1. The maximum Gasteiger partial charge on any atom is 0.138 e. The van der Waals surface area contributed by atoms with Gasteiger partial charge in [0.25, 0.3) is 0 Å². The molecule has 1 aliphatic heterocycles. The normalized spacial score (nSPS) is 14.4. The number of pyridine rings is 1. The molecule has 30 heavy (non-hydrogen) atoms. The Kier molecular flexibility index (Phi) is 5.56. The van der Waals surface area contributed by atoms with Crippen LogP contribution in [-0.4, -0.2) is 41.1 Å². The van der Waals surface area contributed by atoms with Gasteiger partial charge in [-0.15, -0.1) is 0 Å². The Morgan fingerprint density at radius 1 is 0.967 bits per heavy atom. The minimum Gasteiger partial charge on any atom is -0.492 e. The standard InChI is InChI=1S/C25H24BrN3O/c26-20-16-22-23(24(28-25(22)27-17-20)19-6-2-1-3-7-19)18-8-10-21(11-9-18)30-15-14-29-12-4-5-13-29/h1-3,6-11,16-17H,4-5,12-15H2,(H,27,28). The van der Waals surface area contributed by atoms with Crippen molar-refractivity contribution in [3.8, 4) is 28.1 Å². The lowest BCUT2D eigenvalue weighted by Crippen LogP contribution is -2.25. The molecule has 1 aliphatic rings. The van der Waals surface area contributed by atoms with E-state index >= 15 is 0 Å². The number of fused-ring (bicyclic) bond motifs is 1. The summed E-state index contributed by atoms with van der Waals surface area (Å²) in [7, 11) is 0. The number of hydrogen-bond acceptors (Lipinski definition) is 3. The van der Waals surface area contributed by atoms with Gasteiger partial charge in [0, 0.05) is 28.2 Å². The number of halogens is 1. The minimum atomic E-state index is 0.735. The molecule has 0 radical (unpaired) electrons. The van der Waals surface area contributed by atoms with E-state index in [1.54, 1.807) is 0 Å². The van der Waals surface area contributed by atoms with E-state index in [0.29, 0.717) is 0 Å². The second-order valence-electron chi connectivity index (χ2n) is 7.71. The first kappa shape index (κ1) is 19.3. The Hall–Kier alpha value is -2.63. The first-order valence-corrected chi connectivity index (χ1v) is 11.3. The molecule has 5 heteroatoms. The summed E-state index contributed by atoms with van der Waals surface area (Å²) in [6.07, 6.45) is 4.46. The number of nitrogens with one attached hydrogen (secondary N) is 1. The van der Waals surface area contributed by atoms with E-state index in [9.17, 15) is 0 Å². The van der Waals surface area contributed by atoms with Gasteiger partial charge in [0.15, 0.2) is 0 Å². The molecule has 0 aliphatic carbocycles. The van der Waals surface area contributed by atoms with Gasteiger partial charge in [-0.05, 0) is 71.2 Å². The van der Waals surface area contributed by atoms with Crippen LogP contribution >= 0.6 is 15.9 Å². The molecule has 4 nitrogen and oxygen atoms in total. The molecule has 1 fully saturated rings. The van der Waals surface area contributed by atoms with Crippen molar-refractivity contribution in [1.29, 1.82) is 0 Å². The fourth-order valence-corrected chi connectivity index (χ4v) is 4.51. The molecular formula is C25H24BrN3O. The molecular weight excluding hydrogens is 438 g/mol. The van der Waals surface area contributed by atoms with Crippen LogP contribution in [0.15, 0.2) is 71.3 Å². The lowest BCUT2D eigenvalue weighted by Gasteiger charge is -2.15. The summed E-state index contributed by atoms with van der Waals surface area (Å²) < 4.78 is 6.96. The molecule has 4 aromatic rings. The second-order valence-corrected chi connectivity index (χ2v) is 8.63. The van der Waals surface area contributed by atoms with Gasteiger partial charge in [-0.3, -0.25) is 4.90 Å². The summed E-state index contributed by atoms with van der Waals surface area (Å²) >= 11 is 3.57. The van der Waals surface area contributed by atoms with Gasteiger partial charge < -0.3 is 9.72 Å². The van der Waals surface area contributed by atoms with E-state index in [4.69, 9.17) is 4.74 Å². The first-order valence-electron chi connectivity index (χ1n) is 10.5. The van der Waals surface area contributed by atoms with Crippen LogP contribution in [0.5, 0.6) is 5.75 Å². The molecule has 1 saturated heterocycles. The predicted molar refractivity (Wildman–Crippen MR) is 126 cm³/mol. The number of ether oxygens (including phenoxy) is 1. The molecule has 2 aromatic carbocycles. The van der Waals surface area contributed by atoms with Gasteiger partial charge in [-0.1, -0.05) is 42.5 Å². The number of H-pyrrole nitrogens is 1. The third kappa shape index (κ3) is 4.00. The van der Waals surface area contributed by atoms with Crippen LogP contribution in [-0.2, 0) is 0 Å². The molecule has 3 heterocycles. The summed E-state index contributed by atoms with van der Waals surface area (Å²) in [5.74, 6) is 0.915. The molecule has 2 aromatic heterocycles. The van der Waals surface area contributed by atoms with Crippen molar-refractivity contribution >= 4 is 27.0 Å². The minimum absolute atomic E-state index is 0.735. The summed E-state index contributed by atoms with van der Waals surface area (Å²) in [5.41, 5.74) is 5.42. The third-order valence-corrected chi connectivity index (χ3v) is 6.13. The average Bonchev–Trinajstić information content (AvgIpc) is 3.43. The highest BCUT2D eigenvalue weighted by atomic mass is 79.9. The average molecular weight is 462 g/mol. The highest BCUT2D eigenvalue weighted by Crippen LogP contribution is 2.39. The van der Waals surface area contributed by atoms with E-state index < -0.39 is 0 Å². The van der Waals surface area contributed by atoms with Gasteiger partial charge in [-0.2, -0.15) is 0 Å². The van der Waals surface area contributed by atoms with Crippen LogP contribution in [0.1, 0.15) is 12.8 Å². The lowest BCUT2D eigenvalue weighted by molar-refractivity contribution is 0.238. The van der Waals surface area contributed by atoms with E-state index in [1.807, 2.05) is 12.3 Å². The van der Waals surface area contributed by atoms with E-state index in [-0.39, 0.29) is 0 Å². The molecule has 152 valence electrons. The quantitative estimate of drug-likeness (QED) is 0.375. The smallest absolute Gasteiger partial charge is 0.138 e. The molecule has 1 N–H and O–H groups in total. The number of hydrogen-bond donors (Lipinski definition) is 1. The Morgan fingerprint density at radius 2 is 1.73 bits per heavy atom. The van der Waals surface area contributed by atoms with E-state index in [1.165, 1.54) is 25.9 Å². The van der Waals surface area contributed by atoms with E-state index in [2.05, 4.69) is 85.4 Å². The van der Waals surface area contributed by atoms with Crippen molar-refractivity contribution in [2.45, 2.75) is 12.8 Å². The molecule has 0 bridgehead atoms. The summed E-state index contributed by atoms with van der Waals surface area (Å²) in [5, 5.41) is 1.10. The van der Waals surface area contributed by atoms with Crippen LogP contribution in [0.25, 0.3) is 33.4 Å². The monoisotopic (exact) mass is 461 g/mol. The van der Waals surface area contributed by atoms with Crippen molar-refractivity contribution in [2.24, 2.45) is 0 Å². The van der Waals surface area contributed by atoms with Crippen LogP contribution in [0.3, 0.4) is 0 Å². The van der Waals surface area contributed by atoms with Gasteiger partial charge >= 0.3 is 0 Å². The summed E-state index contributed by atoms with van der Waals surface area (Å²) in [4.78, 5) is 10.6. The largest absolute Gasteiger partial charge is 0.492 e. The van der Waals surface area contributed by atoms with Crippen molar-refractivity contribution in [3.05, 3.63) is 71.3 Å². The van der Waals surface area contributed by atoms with Crippen LogP contribution < -0.4 is 4.74 Å². The van der Waals surface area contributed by atoms with Crippen molar-refractivity contribution in [2.75, 3.05) is 26.2 Å². The van der Waals surface area contributed by atoms with Crippen LogP contribution in [0.2, 0.25) is 0 Å². The van der Waals surface area contributed by atoms with Crippen molar-refractivity contribution in [3.63, 3.8) is 0 Å². The molecule has 0 spiro atoms. The summed E-state index contributed by atoms with van der Waals surface area (Å²) in [6, 6.07) is 20.9.